The summed E-state index contributed by atoms with van der Waals surface area (Å²) in [6, 6.07) is 0.260. The van der Waals surface area contributed by atoms with Crippen LogP contribution in [0, 0.1) is 18.8 Å². The summed E-state index contributed by atoms with van der Waals surface area (Å²) in [6.07, 6.45) is 7.43. The normalized spacial score (nSPS) is 36.6. The van der Waals surface area contributed by atoms with Crippen LogP contribution in [0.15, 0.2) is 17.5 Å². The molecular weight excluding hydrogens is 190 g/mol. The summed E-state index contributed by atoms with van der Waals surface area (Å²) in [7, 11) is 0. The van der Waals surface area contributed by atoms with Crippen molar-refractivity contribution in [3.8, 4) is 0 Å². The molecule has 0 spiro atoms. The summed E-state index contributed by atoms with van der Waals surface area (Å²) in [4.78, 5) is 4.24. The third-order valence-electron chi connectivity index (χ3n) is 3.92. The number of nitrogens with zero attached hydrogens (tertiary/aromatic N) is 3. The van der Waals surface area contributed by atoms with E-state index >= 15 is 0 Å². The summed E-state index contributed by atoms with van der Waals surface area (Å²) < 4.78 is 2.15. The first kappa shape index (κ1) is 8.95. The highest BCUT2D eigenvalue weighted by Crippen LogP contribution is 2.49. The zero-order valence-corrected chi connectivity index (χ0v) is 8.80. The summed E-state index contributed by atoms with van der Waals surface area (Å²) in [5.74, 6) is 2.16. The number of aryl methyl sites for hydroxylation is 1. The highest BCUT2D eigenvalue weighted by Gasteiger charge is 2.46. The standard InChI is InChI=1S/C11H15N3O/c1-7-12-4-5-14(7)11-9-3-2-8(6-9)10(11)13-15/h4-5,8-9,11,15H,2-3,6H2,1H3/b13-10-/t8-,9+,11-/m0/s1. The molecule has 0 amide bonds. The van der Waals surface area contributed by atoms with E-state index in [1.807, 2.05) is 19.3 Å². The van der Waals surface area contributed by atoms with Gasteiger partial charge in [0.1, 0.15) is 5.82 Å². The lowest BCUT2D eigenvalue weighted by molar-refractivity contribution is 0.306. The summed E-state index contributed by atoms with van der Waals surface area (Å²) in [5.41, 5.74) is 0.965. The second-order valence-electron chi connectivity index (χ2n) is 4.62. The first-order valence-electron chi connectivity index (χ1n) is 5.52. The molecule has 1 aromatic rings. The van der Waals surface area contributed by atoms with Crippen molar-refractivity contribution in [2.24, 2.45) is 17.0 Å². The van der Waals surface area contributed by atoms with Crippen molar-refractivity contribution in [3.05, 3.63) is 18.2 Å². The Balaban J connectivity index is 2.03. The Bertz CT molecular complexity index is 410. The molecule has 1 heterocycles. The van der Waals surface area contributed by atoms with Crippen LogP contribution in [0.4, 0.5) is 0 Å². The molecule has 2 aliphatic carbocycles. The molecule has 4 nitrogen and oxygen atoms in total. The summed E-state index contributed by atoms with van der Waals surface area (Å²) >= 11 is 0. The molecule has 15 heavy (non-hydrogen) atoms. The van der Waals surface area contributed by atoms with Crippen molar-refractivity contribution in [2.75, 3.05) is 0 Å². The summed E-state index contributed by atoms with van der Waals surface area (Å²) in [5, 5.41) is 12.6. The Hall–Kier alpha value is -1.32. The summed E-state index contributed by atoms with van der Waals surface area (Å²) in [6.45, 7) is 2.00. The number of oxime groups is 1. The van der Waals surface area contributed by atoms with Crippen molar-refractivity contribution in [3.63, 3.8) is 0 Å². The molecule has 2 bridgehead atoms. The third kappa shape index (κ3) is 1.14. The third-order valence-corrected chi connectivity index (χ3v) is 3.92. The first-order chi connectivity index (χ1) is 7.31. The Kier molecular flexibility index (Phi) is 1.84. The maximum atomic E-state index is 9.10. The van der Waals surface area contributed by atoms with Crippen molar-refractivity contribution >= 4 is 5.71 Å². The fourth-order valence-electron chi connectivity index (χ4n) is 3.25. The van der Waals surface area contributed by atoms with Gasteiger partial charge >= 0.3 is 0 Å². The molecule has 0 aromatic carbocycles. The average molecular weight is 205 g/mol. The number of rotatable bonds is 1. The molecule has 1 N–H and O–H groups in total. The molecule has 0 unspecified atom stereocenters. The lowest BCUT2D eigenvalue weighted by Gasteiger charge is -2.24. The fraction of sp³-hybridized carbons (Fsp3) is 0.636. The molecular formula is C11H15N3O. The van der Waals surface area contributed by atoms with E-state index in [-0.39, 0.29) is 6.04 Å². The quantitative estimate of drug-likeness (QED) is 0.563. The second kappa shape index (κ2) is 3.08. The molecule has 2 aliphatic rings. The largest absolute Gasteiger partial charge is 0.411 e. The lowest BCUT2D eigenvalue weighted by atomic mass is 9.93. The van der Waals surface area contributed by atoms with E-state index in [9.17, 15) is 0 Å². The van der Waals surface area contributed by atoms with E-state index < -0.39 is 0 Å². The molecule has 4 heteroatoms. The SMILES string of the molecule is Cc1nccn1[C@@H]1/C(=N\O)[C@H]2CC[C@@H]1C2. The van der Waals surface area contributed by atoms with Gasteiger partial charge in [0.25, 0.3) is 0 Å². The molecule has 0 saturated heterocycles. The van der Waals surface area contributed by atoms with Crippen LogP contribution in [0.2, 0.25) is 0 Å². The molecule has 3 atom stereocenters. The Morgan fingerprint density at radius 2 is 2.40 bits per heavy atom. The zero-order chi connectivity index (χ0) is 10.4. The molecule has 3 rings (SSSR count). The van der Waals surface area contributed by atoms with Crippen molar-refractivity contribution < 1.29 is 5.21 Å². The second-order valence-corrected chi connectivity index (χ2v) is 4.62. The number of imidazole rings is 1. The van der Waals surface area contributed by atoms with Gasteiger partial charge in [0.2, 0.25) is 0 Å². The maximum absolute atomic E-state index is 9.10. The van der Waals surface area contributed by atoms with Crippen molar-refractivity contribution in [1.82, 2.24) is 9.55 Å². The fourth-order valence-corrected chi connectivity index (χ4v) is 3.25. The van der Waals surface area contributed by atoms with Gasteiger partial charge in [0.05, 0.1) is 11.8 Å². The van der Waals surface area contributed by atoms with E-state index in [0.29, 0.717) is 11.8 Å². The van der Waals surface area contributed by atoms with Crippen LogP contribution < -0.4 is 0 Å². The van der Waals surface area contributed by atoms with Gasteiger partial charge in [-0.3, -0.25) is 0 Å². The number of hydrogen-bond acceptors (Lipinski definition) is 3. The van der Waals surface area contributed by atoms with Gasteiger partial charge in [0, 0.05) is 18.3 Å². The van der Waals surface area contributed by atoms with Crippen LogP contribution in [-0.2, 0) is 0 Å². The van der Waals surface area contributed by atoms with E-state index in [1.54, 1.807) is 0 Å². The topological polar surface area (TPSA) is 50.4 Å². The molecule has 80 valence electrons. The zero-order valence-electron chi connectivity index (χ0n) is 8.80. The van der Waals surface area contributed by atoms with Gasteiger partial charge in [-0.25, -0.2) is 4.98 Å². The van der Waals surface area contributed by atoms with Crippen molar-refractivity contribution in [1.29, 1.82) is 0 Å². The average Bonchev–Trinajstić information content (AvgIpc) is 2.90. The molecule has 1 aromatic heterocycles. The highest BCUT2D eigenvalue weighted by atomic mass is 16.4. The highest BCUT2D eigenvalue weighted by molar-refractivity contribution is 5.93. The first-order valence-corrected chi connectivity index (χ1v) is 5.52. The van der Waals surface area contributed by atoms with E-state index in [1.165, 1.54) is 19.3 Å². The number of fused-ring (bicyclic) bond motifs is 2. The van der Waals surface area contributed by atoms with E-state index in [0.717, 1.165) is 11.5 Å². The minimum absolute atomic E-state index is 0.260. The van der Waals surface area contributed by atoms with Gasteiger partial charge in [-0.1, -0.05) is 5.16 Å². The minimum Gasteiger partial charge on any atom is -0.411 e. The van der Waals surface area contributed by atoms with Gasteiger partial charge in [-0.15, -0.1) is 0 Å². The predicted molar refractivity (Wildman–Crippen MR) is 56.1 cm³/mol. The van der Waals surface area contributed by atoms with Gasteiger partial charge in [0.15, 0.2) is 0 Å². The Labute approximate surface area is 88.6 Å². The van der Waals surface area contributed by atoms with Crippen LogP contribution in [0.3, 0.4) is 0 Å². The molecule has 0 aliphatic heterocycles. The van der Waals surface area contributed by atoms with Gasteiger partial charge in [-0.2, -0.15) is 0 Å². The number of aromatic nitrogens is 2. The molecule has 2 saturated carbocycles. The van der Waals surface area contributed by atoms with E-state index in [2.05, 4.69) is 14.7 Å². The van der Waals surface area contributed by atoms with E-state index in [4.69, 9.17) is 5.21 Å². The monoisotopic (exact) mass is 205 g/mol. The lowest BCUT2D eigenvalue weighted by Crippen LogP contribution is -2.26. The van der Waals surface area contributed by atoms with Crippen LogP contribution in [-0.4, -0.2) is 20.5 Å². The van der Waals surface area contributed by atoms with Crippen LogP contribution in [0.5, 0.6) is 0 Å². The minimum atomic E-state index is 0.260. The Morgan fingerprint density at radius 1 is 1.53 bits per heavy atom. The molecule has 2 fully saturated rings. The maximum Gasteiger partial charge on any atom is 0.106 e. The number of hydrogen-bond donors (Lipinski definition) is 1. The van der Waals surface area contributed by atoms with Crippen LogP contribution in [0.1, 0.15) is 31.1 Å². The molecule has 0 radical (unpaired) electrons. The smallest absolute Gasteiger partial charge is 0.106 e. The van der Waals surface area contributed by atoms with Gasteiger partial charge in [-0.05, 0) is 32.1 Å². The van der Waals surface area contributed by atoms with Gasteiger partial charge < -0.3 is 9.77 Å². The van der Waals surface area contributed by atoms with Crippen LogP contribution in [0.25, 0.3) is 0 Å². The Morgan fingerprint density at radius 3 is 3.07 bits per heavy atom. The van der Waals surface area contributed by atoms with Crippen LogP contribution >= 0.6 is 0 Å². The predicted octanol–water partition coefficient (Wildman–Crippen LogP) is 1.99. The van der Waals surface area contributed by atoms with Crippen molar-refractivity contribution in [2.45, 2.75) is 32.2 Å².